The van der Waals surface area contributed by atoms with Gasteiger partial charge < -0.3 is 10.4 Å². The fraction of sp³-hybridized carbons (Fsp3) is 0.538. The summed E-state index contributed by atoms with van der Waals surface area (Å²) in [4.78, 5) is 4.29. The highest BCUT2D eigenvalue weighted by molar-refractivity contribution is 6.30. The molecule has 0 spiro atoms. The molecule has 0 saturated heterocycles. The fourth-order valence-electron chi connectivity index (χ4n) is 1.92. The Balaban J connectivity index is 1.98. The monoisotopic (exact) mass is 282 g/mol. The highest BCUT2D eigenvalue weighted by atomic mass is 35.5. The molecule has 0 fully saturated rings. The van der Waals surface area contributed by atoms with Crippen LogP contribution in [0.1, 0.15) is 27.2 Å². The number of halogens is 1. The maximum absolute atomic E-state index is 9.92. The summed E-state index contributed by atoms with van der Waals surface area (Å²) in [6.45, 7) is 6.73. The number of aromatic nitrogens is 3. The van der Waals surface area contributed by atoms with Crippen molar-refractivity contribution in [2.75, 3.05) is 11.9 Å². The molecule has 2 heterocycles. The molecule has 0 aromatic carbocycles. The van der Waals surface area contributed by atoms with Crippen LogP contribution in [0.4, 0.5) is 5.95 Å². The zero-order chi connectivity index (χ0) is 14.0. The van der Waals surface area contributed by atoms with Crippen molar-refractivity contribution in [3.8, 4) is 0 Å². The molecule has 6 heteroatoms. The zero-order valence-electron chi connectivity index (χ0n) is 11.4. The number of hydrogen-bond acceptors (Lipinski definition) is 4. The van der Waals surface area contributed by atoms with Crippen molar-refractivity contribution < 1.29 is 5.11 Å². The molecule has 2 aromatic rings. The molecular weight excluding hydrogens is 264 g/mol. The van der Waals surface area contributed by atoms with Crippen LogP contribution in [0.2, 0.25) is 5.02 Å². The van der Waals surface area contributed by atoms with E-state index in [1.165, 1.54) is 0 Å². The third-order valence-corrected chi connectivity index (χ3v) is 2.86. The smallest absolute Gasteiger partial charge is 0.243 e. The lowest BCUT2D eigenvalue weighted by atomic mass is 9.89. The number of nitrogens with one attached hydrogen (secondary N) is 1. The Morgan fingerprint density at radius 1 is 1.42 bits per heavy atom. The molecule has 0 radical (unpaired) electrons. The number of hydrogen-bond donors (Lipinski definition) is 2. The van der Waals surface area contributed by atoms with Gasteiger partial charge in [-0.25, -0.2) is 4.52 Å². The molecule has 0 aliphatic heterocycles. The maximum atomic E-state index is 9.92. The summed E-state index contributed by atoms with van der Waals surface area (Å²) in [6, 6.07) is 3.57. The minimum absolute atomic E-state index is 0.0982. The molecule has 1 unspecified atom stereocenters. The molecule has 104 valence electrons. The normalized spacial score (nSPS) is 13.7. The molecule has 2 N–H and O–H groups in total. The van der Waals surface area contributed by atoms with Crippen molar-refractivity contribution in [3.63, 3.8) is 0 Å². The van der Waals surface area contributed by atoms with Gasteiger partial charge in [-0.15, -0.1) is 5.10 Å². The third-order valence-electron chi connectivity index (χ3n) is 2.64. The van der Waals surface area contributed by atoms with Crippen molar-refractivity contribution in [1.29, 1.82) is 0 Å². The average Bonchev–Trinajstić information content (AvgIpc) is 2.66. The van der Waals surface area contributed by atoms with E-state index in [0.29, 0.717) is 17.5 Å². The summed E-state index contributed by atoms with van der Waals surface area (Å²) in [5.74, 6) is 0.496. The second kappa shape index (κ2) is 5.35. The van der Waals surface area contributed by atoms with Crippen molar-refractivity contribution in [1.82, 2.24) is 14.6 Å². The van der Waals surface area contributed by atoms with Gasteiger partial charge >= 0.3 is 0 Å². The van der Waals surface area contributed by atoms with E-state index in [0.717, 1.165) is 12.1 Å². The van der Waals surface area contributed by atoms with Gasteiger partial charge in [0.2, 0.25) is 5.95 Å². The maximum Gasteiger partial charge on any atom is 0.243 e. The summed E-state index contributed by atoms with van der Waals surface area (Å²) in [6.07, 6.45) is 2.00. The van der Waals surface area contributed by atoms with Crippen LogP contribution in [0.15, 0.2) is 18.3 Å². The van der Waals surface area contributed by atoms with Crippen LogP contribution < -0.4 is 5.32 Å². The minimum atomic E-state index is -0.421. The average molecular weight is 283 g/mol. The van der Waals surface area contributed by atoms with Crippen molar-refractivity contribution in [2.24, 2.45) is 5.41 Å². The third kappa shape index (κ3) is 4.08. The number of fused-ring (bicyclic) bond motifs is 1. The van der Waals surface area contributed by atoms with Gasteiger partial charge in [-0.3, -0.25) is 0 Å². The molecule has 0 aliphatic rings. The van der Waals surface area contributed by atoms with E-state index in [1.807, 2.05) is 0 Å². The Morgan fingerprint density at radius 3 is 2.84 bits per heavy atom. The number of aliphatic hydroxyl groups excluding tert-OH is 1. The van der Waals surface area contributed by atoms with Crippen LogP contribution in [0.5, 0.6) is 0 Å². The van der Waals surface area contributed by atoms with Crippen LogP contribution in [0.25, 0.3) is 5.65 Å². The second-order valence-electron chi connectivity index (χ2n) is 5.89. The first-order valence-corrected chi connectivity index (χ1v) is 6.65. The molecule has 0 aliphatic carbocycles. The van der Waals surface area contributed by atoms with Gasteiger partial charge in [-0.05, 0) is 24.0 Å². The van der Waals surface area contributed by atoms with Crippen molar-refractivity contribution >= 4 is 23.2 Å². The number of nitrogens with zero attached hydrogens (tertiary/aromatic N) is 3. The second-order valence-corrected chi connectivity index (χ2v) is 6.32. The van der Waals surface area contributed by atoms with E-state index in [9.17, 15) is 5.11 Å². The SMILES string of the molecule is CC(C)(C)CC(O)CNc1nc2ccc(Cl)cn2n1. The topological polar surface area (TPSA) is 62.5 Å². The summed E-state index contributed by atoms with van der Waals surface area (Å²) in [5, 5.41) is 17.8. The van der Waals surface area contributed by atoms with E-state index in [-0.39, 0.29) is 5.41 Å². The Bertz CT molecular complexity index is 561. The van der Waals surface area contributed by atoms with Crippen LogP contribution >= 0.6 is 11.6 Å². The van der Waals surface area contributed by atoms with E-state index >= 15 is 0 Å². The van der Waals surface area contributed by atoms with Crippen LogP contribution in [-0.2, 0) is 0 Å². The zero-order valence-corrected chi connectivity index (χ0v) is 12.1. The lowest BCUT2D eigenvalue weighted by molar-refractivity contribution is 0.132. The lowest BCUT2D eigenvalue weighted by Gasteiger charge is -2.22. The quantitative estimate of drug-likeness (QED) is 0.905. The van der Waals surface area contributed by atoms with Gasteiger partial charge in [-0.1, -0.05) is 32.4 Å². The first-order chi connectivity index (χ1) is 8.83. The van der Waals surface area contributed by atoms with Crippen LogP contribution in [0.3, 0.4) is 0 Å². The first-order valence-electron chi connectivity index (χ1n) is 6.27. The Kier molecular flexibility index (Phi) is 3.96. The highest BCUT2D eigenvalue weighted by Gasteiger charge is 2.16. The number of rotatable bonds is 4. The first kappa shape index (κ1) is 14.1. The summed E-state index contributed by atoms with van der Waals surface area (Å²) >= 11 is 5.88. The number of aliphatic hydroxyl groups is 1. The van der Waals surface area contributed by atoms with Crippen LogP contribution in [0, 0.1) is 5.41 Å². The Labute approximate surface area is 117 Å². The Hall–Kier alpha value is -1.33. The van der Waals surface area contributed by atoms with Gasteiger partial charge in [0, 0.05) is 12.7 Å². The van der Waals surface area contributed by atoms with Crippen LogP contribution in [-0.4, -0.2) is 32.4 Å². The molecule has 2 aromatic heterocycles. The molecule has 0 bridgehead atoms. The molecule has 0 saturated carbocycles. The molecule has 1 atom stereocenters. The predicted octanol–water partition coefficient (Wildman–Crippen LogP) is 2.59. The van der Waals surface area contributed by atoms with Crippen molar-refractivity contribution in [2.45, 2.75) is 33.3 Å². The lowest BCUT2D eigenvalue weighted by Crippen LogP contribution is -2.25. The minimum Gasteiger partial charge on any atom is -0.391 e. The number of pyridine rings is 1. The molecule has 19 heavy (non-hydrogen) atoms. The number of anilines is 1. The molecule has 5 nitrogen and oxygen atoms in total. The molecular formula is C13H19ClN4O. The molecule has 0 amide bonds. The van der Waals surface area contributed by atoms with E-state index in [4.69, 9.17) is 11.6 Å². The van der Waals surface area contributed by atoms with E-state index in [2.05, 4.69) is 36.2 Å². The van der Waals surface area contributed by atoms with Gasteiger partial charge in [0.15, 0.2) is 5.65 Å². The standard InChI is InChI=1S/C13H19ClN4O/c1-13(2,3)6-10(19)7-15-12-16-11-5-4-9(14)8-18(11)17-12/h4-5,8,10,19H,6-7H2,1-3H3,(H,15,17). The molecule has 2 rings (SSSR count). The predicted molar refractivity (Wildman–Crippen MR) is 76.6 cm³/mol. The van der Waals surface area contributed by atoms with Crippen molar-refractivity contribution in [3.05, 3.63) is 23.4 Å². The summed E-state index contributed by atoms with van der Waals surface area (Å²) in [5.41, 5.74) is 0.818. The largest absolute Gasteiger partial charge is 0.391 e. The highest BCUT2D eigenvalue weighted by Crippen LogP contribution is 2.20. The summed E-state index contributed by atoms with van der Waals surface area (Å²) in [7, 11) is 0. The Morgan fingerprint density at radius 2 is 2.16 bits per heavy atom. The van der Waals surface area contributed by atoms with E-state index in [1.54, 1.807) is 22.8 Å². The van der Waals surface area contributed by atoms with Gasteiger partial charge in [0.25, 0.3) is 0 Å². The van der Waals surface area contributed by atoms with Gasteiger partial charge in [0.05, 0.1) is 11.1 Å². The van der Waals surface area contributed by atoms with Gasteiger partial charge in [-0.2, -0.15) is 4.98 Å². The van der Waals surface area contributed by atoms with Gasteiger partial charge in [0.1, 0.15) is 0 Å². The summed E-state index contributed by atoms with van der Waals surface area (Å²) < 4.78 is 1.61. The van der Waals surface area contributed by atoms with E-state index < -0.39 is 6.10 Å². The fourth-order valence-corrected chi connectivity index (χ4v) is 2.08.